The van der Waals surface area contributed by atoms with Crippen LogP contribution in [0.2, 0.25) is 0 Å². The first-order valence-electron chi connectivity index (χ1n) is 14.4. The predicted molar refractivity (Wildman–Crippen MR) is 179 cm³/mol. The lowest BCUT2D eigenvalue weighted by atomic mass is 9.84. The zero-order valence-corrected chi connectivity index (χ0v) is 23.0. The standard InChI is InChI=1S/C40H23NO2/c42-41-34-14-6-5-9-27(34)24-16-18-26(19-17-24)37-28-10-1-3-12-30(28)39(31-13-4-2-11-29(31)37)32-22-23-36-40-33(32)21-20-25-8-7-15-35(43-36)38(25)40/h1-23H. The van der Waals surface area contributed by atoms with Gasteiger partial charge < -0.3 is 4.42 Å². The smallest absolute Gasteiger partial charge is 0.136 e. The van der Waals surface area contributed by atoms with E-state index in [4.69, 9.17) is 4.42 Å². The van der Waals surface area contributed by atoms with Crippen LogP contribution in [0.4, 0.5) is 5.69 Å². The second-order valence-electron chi connectivity index (χ2n) is 11.1. The summed E-state index contributed by atoms with van der Waals surface area (Å²) in [6, 6.07) is 48.4. The van der Waals surface area contributed by atoms with Crippen LogP contribution in [0, 0.1) is 4.91 Å². The Labute approximate surface area is 246 Å². The van der Waals surface area contributed by atoms with Crippen LogP contribution < -0.4 is 0 Å². The molecule has 0 unspecified atom stereocenters. The molecule has 1 aromatic heterocycles. The Morgan fingerprint density at radius 1 is 0.419 bits per heavy atom. The summed E-state index contributed by atoms with van der Waals surface area (Å²) in [5.41, 5.74) is 8.85. The fourth-order valence-corrected chi connectivity index (χ4v) is 7.01. The molecule has 0 spiro atoms. The zero-order valence-electron chi connectivity index (χ0n) is 23.0. The van der Waals surface area contributed by atoms with Gasteiger partial charge in [-0.05, 0) is 89.6 Å². The molecule has 0 saturated carbocycles. The minimum Gasteiger partial charge on any atom is -0.456 e. The molecular weight excluding hydrogens is 526 g/mol. The molecule has 1 heterocycles. The minimum absolute atomic E-state index is 0.447. The molecule has 0 atom stereocenters. The topological polar surface area (TPSA) is 42.6 Å². The Hall–Kier alpha value is -5.80. The number of fused-ring (bicyclic) bond motifs is 2. The average molecular weight is 550 g/mol. The average Bonchev–Trinajstić information content (AvgIpc) is 3.46. The number of nitrogens with zero attached hydrogens (tertiary/aromatic N) is 1. The molecule has 43 heavy (non-hydrogen) atoms. The highest BCUT2D eigenvalue weighted by Gasteiger charge is 2.21. The van der Waals surface area contributed by atoms with Gasteiger partial charge >= 0.3 is 0 Å². The van der Waals surface area contributed by atoms with Gasteiger partial charge in [0.15, 0.2) is 0 Å². The number of hydrogen-bond donors (Lipinski definition) is 0. The van der Waals surface area contributed by atoms with E-state index < -0.39 is 0 Å². The van der Waals surface area contributed by atoms with Crippen molar-refractivity contribution in [2.24, 2.45) is 5.18 Å². The summed E-state index contributed by atoms with van der Waals surface area (Å²) >= 11 is 0. The second kappa shape index (κ2) is 9.10. The van der Waals surface area contributed by atoms with Gasteiger partial charge in [0.1, 0.15) is 16.9 Å². The molecule has 0 aliphatic carbocycles. The third-order valence-corrected chi connectivity index (χ3v) is 8.85. The van der Waals surface area contributed by atoms with Gasteiger partial charge in [0.25, 0.3) is 0 Å². The highest BCUT2D eigenvalue weighted by atomic mass is 16.3. The third-order valence-electron chi connectivity index (χ3n) is 8.85. The van der Waals surface area contributed by atoms with Crippen LogP contribution in [0.5, 0.6) is 0 Å². The Morgan fingerprint density at radius 2 is 1.05 bits per heavy atom. The van der Waals surface area contributed by atoms with Gasteiger partial charge in [-0.25, -0.2) is 0 Å². The highest BCUT2D eigenvalue weighted by Crippen LogP contribution is 2.48. The molecule has 0 aliphatic rings. The van der Waals surface area contributed by atoms with E-state index in [1.165, 1.54) is 59.8 Å². The molecule has 0 amide bonds. The molecule has 3 nitrogen and oxygen atoms in total. The van der Waals surface area contributed by atoms with Gasteiger partial charge in [-0.1, -0.05) is 115 Å². The number of furan rings is 1. The maximum absolute atomic E-state index is 11.4. The molecule has 0 saturated heterocycles. The lowest BCUT2D eigenvalue weighted by Gasteiger charge is -2.19. The van der Waals surface area contributed by atoms with Crippen molar-refractivity contribution >= 4 is 59.9 Å². The van der Waals surface area contributed by atoms with Gasteiger partial charge in [-0.2, -0.15) is 0 Å². The van der Waals surface area contributed by atoms with Crippen molar-refractivity contribution in [3.05, 3.63) is 144 Å². The predicted octanol–water partition coefficient (Wildman–Crippen LogP) is 11.9. The summed E-state index contributed by atoms with van der Waals surface area (Å²) in [6.07, 6.45) is 0. The van der Waals surface area contributed by atoms with Gasteiger partial charge in [0, 0.05) is 16.3 Å². The fraction of sp³-hybridized carbons (Fsp3) is 0. The molecule has 0 radical (unpaired) electrons. The monoisotopic (exact) mass is 549 g/mol. The van der Waals surface area contributed by atoms with E-state index in [1.54, 1.807) is 6.07 Å². The van der Waals surface area contributed by atoms with Gasteiger partial charge in [0.05, 0.1) is 0 Å². The van der Waals surface area contributed by atoms with Crippen molar-refractivity contribution in [1.82, 2.24) is 0 Å². The van der Waals surface area contributed by atoms with Crippen molar-refractivity contribution in [3.8, 4) is 33.4 Å². The maximum atomic E-state index is 11.4. The van der Waals surface area contributed by atoms with Crippen LogP contribution in [0.3, 0.4) is 0 Å². The molecule has 200 valence electrons. The van der Waals surface area contributed by atoms with E-state index in [0.29, 0.717) is 5.69 Å². The van der Waals surface area contributed by atoms with E-state index in [1.807, 2.05) is 18.2 Å². The number of rotatable bonds is 4. The van der Waals surface area contributed by atoms with Gasteiger partial charge in [-0.15, -0.1) is 4.91 Å². The second-order valence-corrected chi connectivity index (χ2v) is 11.1. The van der Waals surface area contributed by atoms with Crippen molar-refractivity contribution in [1.29, 1.82) is 0 Å². The van der Waals surface area contributed by atoms with E-state index in [2.05, 4.69) is 120 Å². The van der Waals surface area contributed by atoms with E-state index in [-0.39, 0.29) is 0 Å². The van der Waals surface area contributed by atoms with Crippen molar-refractivity contribution in [3.63, 3.8) is 0 Å². The molecule has 0 fully saturated rings. The molecular formula is C40H23NO2. The minimum atomic E-state index is 0.447. The number of nitroso groups, excluding NO2 is 1. The van der Waals surface area contributed by atoms with Crippen LogP contribution >= 0.6 is 0 Å². The molecule has 0 bridgehead atoms. The third kappa shape index (κ3) is 3.42. The molecule has 0 aliphatic heterocycles. The summed E-state index contributed by atoms with van der Waals surface area (Å²) < 4.78 is 6.29. The van der Waals surface area contributed by atoms with Crippen LogP contribution in [0.25, 0.3) is 87.6 Å². The van der Waals surface area contributed by atoms with Crippen molar-refractivity contribution in [2.75, 3.05) is 0 Å². The zero-order chi connectivity index (χ0) is 28.5. The molecule has 3 heteroatoms. The van der Waals surface area contributed by atoms with Crippen molar-refractivity contribution < 1.29 is 4.42 Å². The summed E-state index contributed by atoms with van der Waals surface area (Å²) in [4.78, 5) is 11.4. The lowest BCUT2D eigenvalue weighted by molar-refractivity contribution is 0.669. The first-order chi connectivity index (χ1) is 21.3. The number of benzene rings is 8. The first-order valence-corrected chi connectivity index (χ1v) is 14.4. The number of hydrogen-bond acceptors (Lipinski definition) is 3. The lowest BCUT2D eigenvalue weighted by Crippen LogP contribution is -1.92. The van der Waals surface area contributed by atoms with Crippen LogP contribution in [0.1, 0.15) is 0 Å². The Kier molecular flexibility index (Phi) is 5.05. The SMILES string of the molecule is O=Nc1ccccc1-c1ccc(-c2c3ccccc3c(-c3ccc4oc5cccc6ccc3c4c65)c3ccccc23)cc1. The Morgan fingerprint density at radius 3 is 1.77 bits per heavy atom. The first kappa shape index (κ1) is 23.9. The van der Waals surface area contributed by atoms with Crippen LogP contribution in [-0.2, 0) is 0 Å². The molecule has 9 aromatic rings. The summed E-state index contributed by atoms with van der Waals surface area (Å²) in [6.45, 7) is 0. The fourth-order valence-electron chi connectivity index (χ4n) is 7.01. The van der Waals surface area contributed by atoms with E-state index in [9.17, 15) is 4.91 Å². The van der Waals surface area contributed by atoms with Gasteiger partial charge in [-0.3, -0.25) is 0 Å². The van der Waals surface area contributed by atoms with Crippen LogP contribution in [-0.4, -0.2) is 0 Å². The van der Waals surface area contributed by atoms with Crippen LogP contribution in [0.15, 0.2) is 149 Å². The normalized spacial score (nSPS) is 11.8. The maximum Gasteiger partial charge on any atom is 0.136 e. The van der Waals surface area contributed by atoms with E-state index >= 15 is 0 Å². The van der Waals surface area contributed by atoms with Crippen molar-refractivity contribution in [2.45, 2.75) is 0 Å². The van der Waals surface area contributed by atoms with Gasteiger partial charge in [0.2, 0.25) is 0 Å². The highest BCUT2D eigenvalue weighted by molar-refractivity contribution is 6.28. The quantitative estimate of drug-likeness (QED) is 0.124. The largest absolute Gasteiger partial charge is 0.456 e. The van der Waals surface area contributed by atoms with E-state index in [0.717, 1.165) is 27.9 Å². The summed E-state index contributed by atoms with van der Waals surface area (Å²) in [5, 5.41) is 12.8. The summed E-state index contributed by atoms with van der Waals surface area (Å²) in [5.74, 6) is 0. The Balaban J connectivity index is 1.33. The molecule has 9 rings (SSSR count). The molecule has 0 N–H and O–H groups in total. The summed E-state index contributed by atoms with van der Waals surface area (Å²) in [7, 11) is 0. The molecule has 8 aromatic carbocycles. The Bertz CT molecular complexity index is 2460.